The van der Waals surface area contributed by atoms with E-state index >= 15 is 0 Å². The summed E-state index contributed by atoms with van der Waals surface area (Å²) in [6, 6.07) is 4.03. The van der Waals surface area contributed by atoms with Crippen molar-refractivity contribution >= 4 is 32.7 Å². The standard InChI is InChI=1S/C29H35N3O5S/c1-35-23-11-18(28(33)34)12-24-26(23)30-29(38-24)32-19-9-10-20(32)14-21(13-19)36-15-22-25(16-5-3-2-4-6-16)31-37-27(22)17-7-8-17/h11-12,16-17,19-21H,2-10,13-15H2,1H3,(H,33,34)/t19-,20?,21?/m0/s1. The Kier molecular flexibility index (Phi) is 6.31. The molecule has 4 aliphatic rings. The van der Waals surface area contributed by atoms with Gasteiger partial charge >= 0.3 is 5.97 Å². The molecule has 2 aliphatic carbocycles. The molecule has 38 heavy (non-hydrogen) atoms. The Bertz CT molecular complexity index is 1330. The number of aromatic carboxylic acids is 1. The summed E-state index contributed by atoms with van der Waals surface area (Å²) in [5, 5.41) is 15.1. The van der Waals surface area contributed by atoms with E-state index in [-0.39, 0.29) is 11.7 Å². The van der Waals surface area contributed by atoms with Gasteiger partial charge in [-0.05, 0) is 63.5 Å². The van der Waals surface area contributed by atoms with E-state index in [0.717, 1.165) is 46.8 Å². The molecule has 3 atom stereocenters. The number of carboxylic acid groups (broad SMARTS) is 1. The van der Waals surface area contributed by atoms with Crippen LogP contribution in [0.4, 0.5) is 5.13 Å². The minimum atomic E-state index is -0.956. The van der Waals surface area contributed by atoms with E-state index in [1.807, 2.05) is 0 Å². The molecule has 9 heteroatoms. The van der Waals surface area contributed by atoms with Gasteiger partial charge in [0.2, 0.25) is 0 Å². The zero-order chi connectivity index (χ0) is 25.8. The topological polar surface area (TPSA) is 97.9 Å². The first-order valence-corrected chi connectivity index (χ1v) is 15.0. The summed E-state index contributed by atoms with van der Waals surface area (Å²) in [6.45, 7) is 0.613. The molecule has 2 saturated carbocycles. The molecule has 2 bridgehead atoms. The highest BCUT2D eigenvalue weighted by molar-refractivity contribution is 7.22. The van der Waals surface area contributed by atoms with Crippen LogP contribution in [0.3, 0.4) is 0 Å². The van der Waals surface area contributed by atoms with E-state index in [4.69, 9.17) is 19.0 Å². The number of rotatable bonds is 8. The molecule has 2 unspecified atom stereocenters. The van der Waals surface area contributed by atoms with Gasteiger partial charge < -0.3 is 24.0 Å². The maximum atomic E-state index is 11.6. The summed E-state index contributed by atoms with van der Waals surface area (Å²) in [7, 11) is 1.57. The fourth-order valence-corrected chi connectivity index (χ4v) is 8.16. The molecule has 8 nitrogen and oxygen atoms in total. The number of fused-ring (bicyclic) bond motifs is 3. The summed E-state index contributed by atoms with van der Waals surface area (Å²) in [5.41, 5.74) is 3.40. The van der Waals surface area contributed by atoms with Gasteiger partial charge in [0.15, 0.2) is 5.13 Å². The number of carboxylic acids is 1. The molecule has 4 fully saturated rings. The fourth-order valence-electron chi connectivity index (χ4n) is 7.00. The molecule has 0 amide bonds. The van der Waals surface area contributed by atoms with Crippen LogP contribution in [0, 0.1) is 0 Å². The molecule has 7 rings (SSSR count). The number of hydrogen-bond donors (Lipinski definition) is 1. The van der Waals surface area contributed by atoms with Crippen molar-refractivity contribution in [1.29, 1.82) is 0 Å². The second-order valence-corrected chi connectivity index (χ2v) is 12.6. The van der Waals surface area contributed by atoms with Crippen molar-refractivity contribution in [2.24, 2.45) is 0 Å². The normalized spacial score (nSPS) is 25.8. The number of hydrogen-bond acceptors (Lipinski definition) is 8. The predicted octanol–water partition coefficient (Wildman–Crippen LogP) is 6.63. The lowest BCUT2D eigenvalue weighted by Crippen LogP contribution is -2.45. The highest BCUT2D eigenvalue weighted by atomic mass is 32.1. The SMILES string of the molecule is COc1cc(C(=O)O)cc2sc(N3C4CC[C@H]3CC(OCc3c(C5CCCCC5)noc3C3CC3)C4)nc12. The maximum Gasteiger partial charge on any atom is 0.335 e. The predicted molar refractivity (Wildman–Crippen MR) is 145 cm³/mol. The quantitative estimate of drug-likeness (QED) is 0.342. The Labute approximate surface area is 226 Å². The van der Waals surface area contributed by atoms with Crippen molar-refractivity contribution in [3.8, 4) is 5.75 Å². The summed E-state index contributed by atoms with van der Waals surface area (Å²) >= 11 is 1.56. The molecule has 4 heterocycles. The summed E-state index contributed by atoms with van der Waals surface area (Å²) in [5.74, 6) is 1.71. The smallest absolute Gasteiger partial charge is 0.335 e. The van der Waals surface area contributed by atoms with Gasteiger partial charge in [0.1, 0.15) is 17.0 Å². The van der Waals surface area contributed by atoms with Crippen LogP contribution in [0.25, 0.3) is 10.2 Å². The van der Waals surface area contributed by atoms with Gasteiger partial charge in [0, 0.05) is 29.5 Å². The van der Waals surface area contributed by atoms with E-state index in [1.165, 1.54) is 56.2 Å². The maximum absolute atomic E-state index is 11.6. The van der Waals surface area contributed by atoms with Crippen molar-refractivity contribution in [3.63, 3.8) is 0 Å². The minimum absolute atomic E-state index is 0.215. The third-order valence-corrected chi connectivity index (χ3v) is 10.1. The van der Waals surface area contributed by atoms with E-state index in [2.05, 4.69) is 10.1 Å². The second kappa shape index (κ2) is 9.83. The van der Waals surface area contributed by atoms with Gasteiger partial charge in [-0.15, -0.1) is 0 Å². The number of methoxy groups -OCH3 is 1. The zero-order valence-electron chi connectivity index (χ0n) is 21.9. The fraction of sp³-hybridized carbons (Fsp3) is 0.621. The van der Waals surface area contributed by atoms with Crippen LogP contribution in [-0.4, -0.2) is 46.5 Å². The highest BCUT2D eigenvalue weighted by Gasteiger charge is 2.43. The Morgan fingerprint density at radius 3 is 2.53 bits per heavy atom. The first-order valence-electron chi connectivity index (χ1n) is 14.2. The second-order valence-electron chi connectivity index (χ2n) is 11.5. The average Bonchev–Trinajstić information content (AvgIpc) is 3.44. The van der Waals surface area contributed by atoms with Gasteiger partial charge in [-0.3, -0.25) is 0 Å². The molecule has 2 saturated heterocycles. The van der Waals surface area contributed by atoms with Crippen LogP contribution >= 0.6 is 11.3 Å². The molecule has 1 aromatic carbocycles. The average molecular weight is 538 g/mol. The van der Waals surface area contributed by atoms with Gasteiger partial charge in [-0.1, -0.05) is 35.8 Å². The summed E-state index contributed by atoms with van der Waals surface area (Å²) < 4.78 is 18.9. The Balaban J connectivity index is 1.08. The molecule has 0 spiro atoms. The van der Waals surface area contributed by atoms with Crippen molar-refractivity contribution in [2.45, 2.75) is 107 Å². The largest absolute Gasteiger partial charge is 0.494 e. The van der Waals surface area contributed by atoms with Gasteiger partial charge in [0.05, 0.1) is 35.8 Å². The third kappa shape index (κ3) is 4.37. The Hall–Kier alpha value is -2.65. The Morgan fingerprint density at radius 2 is 1.84 bits per heavy atom. The monoisotopic (exact) mass is 537 g/mol. The van der Waals surface area contributed by atoms with Crippen LogP contribution in [0.5, 0.6) is 5.75 Å². The van der Waals surface area contributed by atoms with Crippen molar-refractivity contribution < 1.29 is 23.9 Å². The van der Waals surface area contributed by atoms with E-state index in [0.29, 0.717) is 36.3 Å². The highest BCUT2D eigenvalue weighted by Crippen LogP contribution is 2.47. The van der Waals surface area contributed by atoms with E-state index < -0.39 is 5.97 Å². The van der Waals surface area contributed by atoms with Crippen LogP contribution < -0.4 is 9.64 Å². The van der Waals surface area contributed by atoms with Gasteiger partial charge in [0.25, 0.3) is 0 Å². The summed E-state index contributed by atoms with van der Waals surface area (Å²) in [6.07, 6.45) is 13.2. The first kappa shape index (κ1) is 24.4. The molecule has 0 radical (unpaired) electrons. The van der Waals surface area contributed by atoms with Crippen molar-refractivity contribution in [2.75, 3.05) is 12.0 Å². The van der Waals surface area contributed by atoms with E-state index in [1.54, 1.807) is 30.6 Å². The molecule has 2 aliphatic heterocycles. The lowest BCUT2D eigenvalue weighted by molar-refractivity contribution is 0.0141. The number of benzene rings is 1. The number of nitrogens with zero attached hydrogens (tertiary/aromatic N) is 3. The third-order valence-electron chi connectivity index (χ3n) is 9.08. The number of piperidine rings is 1. The van der Waals surface area contributed by atoms with Crippen LogP contribution in [0.2, 0.25) is 0 Å². The van der Waals surface area contributed by atoms with Gasteiger partial charge in [-0.2, -0.15) is 0 Å². The minimum Gasteiger partial charge on any atom is -0.494 e. The molecule has 3 aromatic rings. The van der Waals surface area contributed by atoms with Crippen molar-refractivity contribution in [3.05, 3.63) is 34.7 Å². The van der Waals surface area contributed by atoms with Crippen LogP contribution in [-0.2, 0) is 11.3 Å². The summed E-state index contributed by atoms with van der Waals surface area (Å²) in [4.78, 5) is 19.0. The van der Waals surface area contributed by atoms with Crippen molar-refractivity contribution in [1.82, 2.24) is 10.1 Å². The van der Waals surface area contributed by atoms with Crippen LogP contribution in [0.1, 0.15) is 110 Å². The molecule has 1 N–H and O–H groups in total. The Morgan fingerprint density at radius 1 is 1.08 bits per heavy atom. The number of anilines is 1. The number of carbonyl (C=O) groups is 1. The lowest BCUT2D eigenvalue weighted by atomic mass is 9.85. The van der Waals surface area contributed by atoms with E-state index in [9.17, 15) is 9.90 Å². The first-order chi connectivity index (χ1) is 18.6. The van der Waals surface area contributed by atoms with Gasteiger partial charge in [-0.25, -0.2) is 9.78 Å². The van der Waals surface area contributed by atoms with Crippen LogP contribution in [0.15, 0.2) is 16.7 Å². The zero-order valence-corrected chi connectivity index (χ0v) is 22.7. The number of thiazole rings is 1. The number of aromatic nitrogens is 2. The lowest BCUT2D eigenvalue weighted by Gasteiger charge is -2.38. The molecule has 2 aromatic heterocycles. The number of ether oxygens (including phenoxy) is 2. The molecule has 202 valence electrons. The molecular weight excluding hydrogens is 502 g/mol. The molecular formula is C29H35N3O5S.